The number of hydrogen-bond donors (Lipinski definition) is 1. The van der Waals surface area contributed by atoms with Crippen LogP contribution in [0.5, 0.6) is 0 Å². The number of nitrogens with one attached hydrogen (secondary N) is 1. The molecule has 0 aliphatic rings. The molecule has 3 aromatic rings. The van der Waals surface area contributed by atoms with Gasteiger partial charge in [-0.25, -0.2) is 9.49 Å². The molecule has 2 aromatic carbocycles. The lowest BCUT2D eigenvalue weighted by atomic mass is 10.2. The Morgan fingerprint density at radius 2 is 1.93 bits per heavy atom. The number of rotatable bonds is 6. The minimum Gasteiger partial charge on any atom is -0.372 e. The van der Waals surface area contributed by atoms with E-state index in [2.05, 4.69) is 34.0 Å². The van der Waals surface area contributed by atoms with Crippen LogP contribution in [0.2, 0.25) is 5.02 Å². The molecule has 1 heterocycles. The van der Waals surface area contributed by atoms with Gasteiger partial charge in [0.15, 0.2) is 5.82 Å². The second-order valence-corrected chi connectivity index (χ2v) is 6.56. The maximum Gasteiger partial charge on any atom is 0.216 e. The van der Waals surface area contributed by atoms with E-state index in [1.54, 1.807) is 12.1 Å². The minimum absolute atomic E-state index is 0.199. The van der Waals surface area contributed by atoms with E-state index in [4.69, 9.17) is 23.8 Å². The Hall–Kier alpha value is -2.51. The molecule has 0 spiro atoms. The third kappa shape index (κ3) is 4.09. The average Bonchev–Trinajstić information content (AvgIpc) is 3.04. The molecule has 0 fully saturated rings. The van der Waals surface area contributed by atoms with E-state index < -0.39 is 5.82 Å². The maximum atomic E-state index is 14.0. The minimum atomic E-state index is -0.452. The number of benzene rings is 2. The summed E-state index contributed by atoms with van der Waals surface area (Å²) in [4.78, 5) is 2.25. The summed E-state index contributed by atoms with van der Waals surface area (Å²) in [6.07, 6.45) is 1.34. The zero-order valence-electron chi connectivity index (χ0n) is 15.0. The molecule has 5 nitrogen and oxygen atoms in total. The highest BCUT2D eigenvalue weighted by Gasteiger charge is 2.10. The lowest BCUT2D eigenvalue weighted by Gasteiger charge is -2.20. The van der Waals surface area contributed by atoms with Gasteiger partial charge in [0.25, 0.3) is 0 Å². The molecule has 0 unspecified atom stereocenters. The fourth-order valence-electron chi connectivity index (χ4n) is 2.75. The van der Waals surface area contributed by atoms with E-state index in [1.807, 2.05) is 24.3 Å². The second-order valence-electron chi connectivity index (χ2n) is 5.76. The molecule has 0 saturated heterocycles. The molecule has 0 aliphatic heterocycles. The maximum absolute atomic E-state index is 14.0. The van der Waals surface area contributed by atoms with Crippen molar-refractivity contribution in [1.29, 1.82) is 0 Å². The lowest BCUT2D eigenvalue weighted by Crippen LogP contribution is -2.21. The highest BCUT2D eigenvalue weighted by molar-refractivity contribution is 7.71. The summed E-state index contributed by atoms with van der Waals surface area (Å²) in [6.45, 7) is 6.10. The van der Waals surface area contributed by atoms with Crippen molar-refractivity contribution in [3.05, 3.63) is 63.6 Å². The molecule has 1 N–H and O–H groups in total. The van der Waals surface area contributed by atoms with E-state index in [0.29, 0.717) is 10.6 Å². The summed E-state index contributed by atoms with van der Waals surface area (Å²) in [5.41, 5.74) is 2.17. The van der Waals surface area contributed by atoms with Crippen LogP contribution in [-0.4, -0.2) is 34.2 Å². The van der Waals surface area contributed by atoms with Gasteiger partial charge >= 0.3 is 0 Å². The van der Waals surface area contributed by atoms with Gasteiger partial charge in [0.2, 0.25) is 4.77 Å². The first-order valence-electron chi connectivity index (χ1n) is 8.56. The van der Waals surface area contributed by atoms with Gasteiger partial charge in [0.1, 0.15) is 5.82 Å². The second kappa shape index (κ2) is 8.45. The Balaban J connectivity index is 1.96. The molecule has 140 valence electrons. The van der Waals surface area contributed by atoms with Gasteiger partial charge in [-0.1, -0.05) is 17.7 Å². The van der Waals surface area contributed by atoms with Crippen LogP contribution in [0, 0.1) is 10.6 Å². The van der Waals surface area contributed by atoms with Crippen LogP contribution in [0.1, 0.15) is 19.4 Å². The number of anilines is 1. The lowest BCUT2D eigenvalue weighted by molar-refractivity contribution is 0.625. The Labute approximate surface area is 167 Å². The zero-order chi connectivity index (χ0) is 19.4. The average molecular weight is 404 g/mol. The van der Waals surface area contributed by atoms with Crippen LogP contribution in [0.15, 0.2) is 47.6 Å². The van der Waals surface area contributed by atoms with Crippen molar-refractivity contribution >= 4 is 35.7 Å². The van der Waals surface area contributed by atoms with E-state index in [9.17, 15) is 4.39 Å². The quantitative estimate of drug-likeness (QED) is 0.458. The molecule has 27 heavy (non-hydrogen) atoms. The van der Waals surface area contributed by atoms with Crippen molar-refractivity contribution in [2.75, 3.05) is 18.0 Å². The number of aromatic amines is 1. The first kappa shape index (κ1) is 19.3. The highest BCUT2D eigenvalue weighted by Crippen LogP contribution is 2.22. The van der Waals surface area contributed by atoms with Gasteiger partial charge in [-0.05, 0) is 62.5 Å². The van der Waals surface area contributed by atoms with Gasteiger partial charge in [-0.3, -0.25) is 0 Å². The zero-order valence-corrected chi connectivity index (χ0v) is 16.6. The first-order valence-corrected chi connectivity index (χ1v) is 9.35. The summed E-state index contributed by atoms with van der Waals surface area (Å²) in [6, 6.07) is 12.5. The predicted octanol–water partition coefficient (Wildman–Crippen LogP) is 5.13. The third-order valence-corrected chi connectivity index (χ3v) is 4.80. The monoisotopic (exact) mass is 403 g/mol. The number of halogens is 2. The van der Waals surface area contributed by atoms with Crippen molar-refractivity contribution in [3.8, 4) is 11.4 Å². The van der Waals surface area contributed by atoms with Crippen LogP contribution in [0.25, 0.3) is 11.4 Å². The van der Waals surface area contributed by atoms with Crippen molar-refractivity contribution in [1.82, 2.24) is 14.9 Å². The Kier molecular flexibility index (Phi) is 6.03. The molecule has 3 rings (SSSR count). The first-order chi connectivity index (χ1) is 13.0. The number of nitrogens with zero attached hydrogens (tertiary/aromatic N) is 4. The largest absolute Gasteiger partial charge is 0.372 e. The van der Waals surface area contributed by atoms with Crippen molar-refractivity contribution < 1.29 is 4.39 Å². The molecule has 0 amide bonds. The Morgan fingerprint density at radius 1 is 1.22 bits per heavy atom. The van der Waals surface area contributed by atoms with E-state index >= 15 is 0 Å². The number of H-pyrrole nitrogens is 1. The predicted molar refractivity (Wildman–Crippen MR) is 111 cm³/mol. The van der Waals surface area contributed by atoms with Gasteiger partial charge < -0.3 is 4.90 Å². The molecule has 1 aromatic heterocycles. The molecule has 0 saturated carbocycles. The fraction of sp³-hybridized carbons (Fsp3) is 0.211. The summed E-state index contributed by atoms with van der Waals surface area (Å²) in [7, 11) is 0. The smallest absolute Gasteiger partial charge is 0.216 e. The van der Waals surface area contributed by atoms with Crippen LogP contribution in [-0.2, 0) is 0 Å². The molecule has 0 bridgehead atoms. The SMILES string of the molecule is CCN(CC)c1ccc(-c2n[nH]c(=S)n2N=Cc2c(F)cccc2Cl)cc1. The number of hydrogen-bond acceptors (Lipinski definition) is 4. The normalized spacial score (nSPS) is 11.3. The van der Waals surface area contributed by atoms with Crippen molar-refractivity contribution in [3.63, 3.8) is 0 Å². The van der Waals surface area contributed by atoms with E-state index in [1.165, 1.54) is 17.0 Å². The fourth-order valence-corrected chi connectivity index (χ4v) is 3.14. The molecule has 0 aliphatic carbocycles. The number of aromatic nitrogens is 3. The molecule has 8 heteroatoms. The van der Waals surface area contributed by atoms with Crippen LogP contribution in [0.3, 0.4) is 0 Å². The Bertz CT molecular complexity index is 985. The topological polar surface area (TPSA) is 49.2 Å². The summed E-state index contributed by atoms with van der Waals surface area (Å²) < 4.78 is 15.7. The summed E-state index contributed by atoms with van der Waals surface area (Å²) in [5.74, 6) is 0.0844. The van der Waals surface area contributed by atoms with Crippen LogP contribution >= 0.6 is 23.8 Å². The molecular formula is C19H19ClFN5S. The Morgan fingerprint density at radius 3 is 2.56 bits per heavy atom. The van der Waals surface area contributed by atoms with Gasteiger partial charge in [0.05, 0.1) is 11.2 Å². The standard InChI is InChI=1S/C19H19ClFN5S/c1-3-25(4-2)14-10-8-13(9-11-14)18-23-24-19(27)26(18)22-12-15-16(20)6-5-7-17(15)21/h5-12H,3-4H2,1-2H3,(H,24,27). The van der Waals surface area contributed by atoms with E-state index in [-0.39, 0.29) is 10.6 Å². The van der Waals surface area contributed by atoms with Crippen molar-refractivity contribution in [2.45, 2.75) is 13.8 Å². The molecule has 0 radical (unpaired) electrons. The third-order valence-electron chi connectivity index (χ3n) is 4.21. The van der Waals surface area contributed by atoms with Gasteiger partial charge in [-0.2, -0.15) is 14.9 Å². The highest BCUT2D eigenvalue weighted by atomic mass is 35.5. The molecule has 0 atom stereocenters. The van der Waals surface area contributed by atoms with E-state index in [0.717, 1.165) is 24.3 Å². The van der Waals surface area contributed by atoms with Crippen LogP contribution in [0.4, 0.5) is 10.1 Å². The molecular weight excluding hydrogens is 385 g/mol. The van der Waals surface area contributed by atoms with Gasteiger partial charge in [-0.15, -0.1) is 0 Å². The van der Waals surface area contributed by atoms with Crippen LogP contribution < -0.4 is 4.90 Å². The van der Waals surface area contributed by atoms with Crippen molar-refractivity contribution in [2.24, 2.45) is 5.10 Å². The van der Waals surface area contributed by atoms with Gasteiger partial charge in [0, 0.05) is 29.9 Å². The summed E-state index contributed by atoms with van der Waals surface area (Å²) >= 11 is 11.3. The summed E-state index contributed by atoms with van der Waals surface area (Å²) in [5, 5.41) is 11.5.